The number of rotatable bonds is 3. The summed E-state index contributed by atoms with van der Waals surface area (Å²) in [6.45, 7) is 4.20. The molecule has 3 nitrogen and oxygen atoms in total. The summed E-state index contributed by atoms with van der Waals surface area (Å²) in [5.41, 5.74) is 5.44. The monoisotopic (exact) mass is 319 g/mol. The van der Waals surface area contributed by atoms with E-state index in [0.29, 0.717) is 0 Å². The Morgan fingerprint density at radius 1 is 0.957 bits per heavy atom. The van der Waals surface area contributed by atoms with E-state index in [9.17, 15) is 0 Å². The van der Waals surface area contributed by atoms with Gasteiger partial charge in [0.2, 0.25) is 0 Å². The average molecular weight is 319 g/mol. The number of nitrogens with one attached hydrogen (secondary N) is 1. The number of hydrogen-bond donors (Lipinski definition) is 1. The van der Waals surface area contributed by atoms with Gasteiger partial charge in [0.1, 0.15) is 17.2 Å². The molecule has 0 aliphatic heterocycles. The van der Waals surface area contributed by atoms with Crippen LogP contribution in [0.4, 0.5) is 11.5 Å². The van der Waals surface area contributed by atoms with E-state index < -0.39 is 0 Å². The van der Waals surface area contributed by atoms with Gasteiger partial charge >= 0.3 is 0 Å². The summed E-state index contributed by atoms with van der Waals surface area (Å²) >= 11 is 1.71. The normalized spacial score (nSPS) is 11.0. The zero-order valence-corrected chi connectivity index (χ0v) is 13.9. The van der Waals surface area contributed by atoms with Crippen molar-refractivity contribution in [2.24, 2.45) is 0 Å². The molecule has 0 fully saturated rings. The maximum atomic E-state index is 4.84. The third-order valence-electron chi connectivity index (χ3n) is 3.91. The fourth-order valence-electron chi connectivity index (χ4n) is 2.73. The van der Waals surface area contributed by atoms with Gasteiger partial charge in [-0.15, -0.1) is 11.3 Å². The lowest BCUT2D eigenvalue weighted by molar-refractivity contribution is 1.10. The second-order valence-corrected chi connectivity index (χ2v) is 6.59. The highest BCUT2D eigenvalue weighted by Gasteiger charge is 2.16. The van der Waals surface area contributed by atoms with Crippen molar-refractivity contribution >= 4 is 28.5 Å². The lowest BCUT2D eigenvalue weighted by Crippen LogP contribution is -1.99. The van der Waals surface area contributed by atoms with E-state index in [0.717, 1.165) is 28.5 Å². The molecule has 0 saturated heterocycles. The Bertz CT molecular complexity index is 950. The molecule has 4 aromatic rings. The Morgan fingerprint density at radius 3 is 2.52 bits per heavy atom. The molecule has 114 valence electrons. The molecule has 0 radical (unpaired) electrons. The van der Waals surface area contributed by atoms with Gasteiger partial charge in [-0.2, -0.15) is 0 Å². The van der Waals surface area contributed by atoms with Gasteiger partial charge in [-0.25, -0.2) is 4.98 Å². The first-order valence-electron chi connectivity index (χ1n) is 7.58. The Morgan fingerprint density at radius 2 is 1.78 bits per heavy atom. The van der Waals surface area contributed by atoms with Crippen molar-refractivity contribution in [3.05, 3.63) is 71.2 Å². The molecule has 0 saturated carbocycles. The number of benzene rings is 1. The number of pyridine rings is 1. The van der Waals surface area contributed by atoms with E-state index in [1.165, 1.54) is 10.4 Å². The highest BCUT2D eigenvalue weighted by molar-refractivity contribution is 7.13. The summed E-state index contributed by atoms with van der Waals surface area (Å²) in [6, 6.07) is 18.8. The van der Waals surface area contributed by atoms with Gasteiger partial charge in [0.15, 0.2) is 0 Å². The highest BCUT2D eigenvalue weighted by Crippen LogP contribution is 2.34. The van der Waals surface area contributed by atoms with Crippen LogP contribution in [0.25, 0.3) is 16.2 Å². The predicted molar refractivity (Wildman–Crippen MR) is 97.7 cm³/mol. The first kappa shape index (κ1) is 14.0. The Hall–Kier alpha value is -2.59. The number of thiophene rings is 1. The van der Waals surface area contributed by atoms with Gasteiger partial charge in [0.25, 0.3) is 0 Å². The molecule has 0 spiro atoms. The van der Waals surface area contributed by atoms with Crippen LogP contribution >= 0.6 is 11.3 Å². The standard InChI is InChI=1S/C19H17N3S/c1-13-8-10-15(11-9-13)20-19-18(16-6-4-12-23-16)21-17-7-3-5-14(2)22(17)19/h3-12,20H,1-2H3. The molecule has 4 rings (SSSR count). The minimum Gasteiger partial charge on any atom is -0.339 e. The van der Waals surface area contributed by atoms with Crippen molar-refractivity contribution < 1.29 is 0 Å². The number of imidazole rings is 1. The van der Waals surface area contributed by atoms with Crippen molar-refractivity contribution in [1.82, 2.24) is 9.38 Å². The molecule has 3 heterocycles. The maximum Gasteiger partial charge on any atom is 0.144 e. The van der Waals surface area contributed by atoms with Gasteiger partial charge in [0.05, 0.1) is 4.88 Å². The fourth-order valence-corrected chi connectivity index (χ4v) is 3.44. The maximum absolute atomic E-state index is 4.84. The largest absolute Gasteiger partial charge is 0.339 e. The smallest absolute Gasteiger partial charge is 0.144 e. The van der Waals surface area contributed by atoms with Gasteiger partial charge in [-0.05, 0) is 49.6 Å². The summed E-state index contributed by atoms with van der Waals surface area (Å²) in [6.07, 6.45) is 0. The number of anilines is 2. The first-order valence-corrected chi connectivity index (χ1v) is 8.46. The summed E-state index contributed by atoms with van der Waals surface area (Å²) < 4.78 is 2.18. The molecule has 0 aliphatic carbocycles. The van der Waals surface area contributed by atoms with Crippen LogP contribution in [-0.2, 0) is 0 Å². The van der Waals surface area contributed by atoms with E-state index in [-0.39, 0.29) is 0 Å². The summed E-state index contributed by atoms with van der Waals surface area (Å²) in [4.78, 5) is 6.01. The molecular formula is C19H17N3S. The average Bonchev–Trinajstić information content (AvgIpc) is 3.18. The quantitative estimate of drug-likeness (QED) is 0.546. The van der Waals surface area contributed by atoms with Crippen LogP contribution in [0.3, 0.4) is 0 Å². The van der Waals surface area contributed by atoms with Gasteiger partial charge < -0.3 is 5.32 Å². The topological polar surface area (TPSA) is 29.3 Å². The SMILES string of the molecule is Cc1ccc(Nc2c(-c3cccs3)nc3cccc(C)n23)cc1. The first-order chi connectivity index (χ1) is 11.2. The number of aromatic nitrogens is 2. The van der Waals surface area contributed by atoms with E-state index in [4.69, 9.17) is 4.98 Å². The summed E-state index contributed by atoms with van der Waals surface area (Å²) in [7, 11) is 0. The Labute approximate surface area is 139 Å². The molecule has 0 aliphatic rings. The molecule has 1 N–H and O–H groups in total. The highest BCUT2D eigenvalue weighted by atomic mass is 32.1. The lowest BCUT2D eigenvalue weighted by atomic mass is 10.2. The van der Waals surface area contributed by atoms with E-state index >= 15 is 0 Å². The molecule has 23 heavy (non-hydrogen) atoms. The van der Waals surface area contributed by atoms with Crippen LogP contribution in [-0.4, -0.2) is 9.38 Å². The molecule has 0 unspecified atom stereocenters. The number of nitrogens with zero attached hydrogens (tertiary/aromatic N) is 2. The van der Waals surface area contributed by atoms with Crippen LogP contribution < -0.4 is 5.32 Å². The van der Waals surface area contributed by atoms with Crippen LogP contribution in [0.1, 0.15) is 11.3 Å². The van der Waals surface area contributed by atoms with Crippen molar-refractivity contribution in [1.29, 1.82) is 0 Å². The van der Waals surface area contributed by atoms with Crippen molar-refractivity contribution in [3.8, 4) is 10.6 Å². The zero-order chi connectivity index (χ0) is 15.8. The van der Waals surface area contributed by atoms with Crippen LogP contribution in [0.2, 0.25) is 0 Å². The number of aryl methyl sites for hydroxylation is 2. The second-order valence-electron chi connectivity index (χ2n) is 5.64. The number of fused-ring (bicyclic) bond motifs is 1. The van der Waals surface area contributed by atoms with Crippen LogP contribution in [0.15, 0.2) is 60.0 Å². The van der Waals surface area contributed by atoms with Crippen molar-refractivity contribution in [2.45, 2.75) is 13.8 Å². The Balaban J connectivity index is 1.91. The van der Waals surface area contributed by atoms with Crippen molar-refractivity contribution in [3.63, 3.8) is 0 Å². The summed E-state index contributed by atoms with van der Waals surface area (Å²) in [5, 5.41) is 5.64. The zero-order valence-electron chi connectivity index (χ0n) is 13.1. The molecule has 0 atom stereocenters. The summed E-state index contributed by atoms with van der Waals surface area (Å²) in [5.74, 6) is 1.02. The minimum absolute atomic E-state index is 0.961. The van der Waals surface area contributed by atoms with Crippen molar-refractivity contribution in [2.75, 3.05) is 5.32 Å². The van der Waals surface area contributed by atoms with Gasteiger partial charge in [-0.1, -0.05) is 29.8 Å². The third kappa shape index (κ3) is 2.51. The minimum atomic E-state index is 0.961. The number of hydrogen-bond acceptors (Lipinski definition) is 3. The molecule has 0 amide bonds. The molecule has 3 aromatic heterocycles. The second kappa shape index (κ2) is 5.56. The third-order valence-corrected chi connectivity index (χ3v) is 4.78. The molecule has 1 aromatic carbocycles. The van der Waals surface area contributed by atoms with E-state index in [2.05, 4.69) is 71.4 Å². The van der Waals surface area contributed by atoms with Gasteiger partial charge in [-0.3, -0.25) is 4.40 Å². The molecular weight excluding hydrogens is 302 g/mol. The molecule has 0 bridgehead atoms. The Kier molecular flexibility index (Phi) is 3.39. The van der Waals surface area contributed by atoms with Crippen LogP contribution in [0.5, 0.6) is 0 Å². The fraction of sp³-hybridized carbons (Fsp3) is 0.105. The molecule has 4 heteroatoms. The lowest BCUT2D eigenvalue weighted by Gasteiger charge is -2.10. The van der Waals surface area contributed by atoms with Crippen LogP contribution in [0, 0.1) is 13.8 Å². The van der Waals surface area contributed by atoms with E-state index in [1.807, 2.05) is 12.1 Å². The van der Waals surface area contributed by atoms with E-state index in [1.54, 1.807) is 11.3 Å². The van der Waals surface area contributed by atoms with Gasteiger partial charge in [0, 0.05) is 11.4 Å². The predicted octanol–water partition coefficient (Wildman–Crippen LogP) is 5.42.